The van der Waals surface area contributed by atoms with Gasteiger partial charge in [-0.15, -0.1) is 0 Å². The molecule has 0 fully saturated rings. The second-order valence-corrected chi connectivity index (χ2v) is 7.85. The van der Waals surface area contributed by atoms with Gasteiger partial charge in [0.2, 0.25) is 0 Å². The van der Waals surface area contributed by atoms with Gasteiger partial charge in [0.25, 0.3) is 5.91 Å². The van der Waals surface area contributed by atoms with Crippen LogP contribution >= 0.6 is 34.8 Å². The molecule has 0 aliphatic carbocycles. The molecule has 0 unspecified atom stereocenters. The fraction of sp³-hybridized carbons (Fsp3) is 0.0833. The quantitative estimate of drug-likeness (QED) is 0.294. The van der Waals surface area contributed by atoms with Gasteiger partial charge in [0, 0.05) is 26.3 Å². The molecule has 3 aromatic rings. The van der Waals surface area contributed by atoms with Crippen molar-refractivity contribution in [2.24, 2.45) is 0 Å². The van der Waals surface area contributed by atoms with Crippen molar-refractivity contribution >= 4 is 52.5 Å². The number of hydrogen-bond donors (Lipinski definition) is 1. The maximum atomic E-state index is 12.5. The van der Waals surface area contributed by atoms with Gasteiger partial charge in [0.1, 0.15) is 18.2 Å². The van der Waals surface area contributed by atoms with Crippen LogP contribution in [0.1, 0.15) is 11.1 Å². The van der Waals surface area contributed by atoms with Crippen molar-refractivity contribution < 1.29 is 14.3 Å². The molecule has 0 radical (unpaired) electrons. The molecule has 5 nitrogen and oxygen atoms in total. The zero-order valence-corrected chi connectivity index (χ0v) is 19.1. The number of hydrogen-bond acceptors (Lipinski definition) is 4. The number of rotatable bonds is 7. The molecule has 0 spiro atoms. The van der Waals surface area contributed by atoms with E-state index in [1.807, 2.05) is 24.3 Å². The molecular formula is C24H17Cl3N2O3. The summed E-state index contributed by atoms with van der Waals surface area (Å²) in [6.45, 7) is 0.263. The predicted molar refractivity (Wildman–Crippen MR) is 127 cm³/mol. The van der Waals surface area contributed by atoms with E-state index in [1.165, 1.54) is 25.3 Å². The zero-order chi connectivity index (χ0) is 23.1. The van der Waals surface area contributed by atoms with Gasteiger partial charge in [-0.05, 0) is 48.0 Å². The Kier molecular flexibility index (Phi) is 8.02. The summed E-state index contributed by atoms with van der Waals surface area (Å²) >= 11 is 18.1. The van der Waals surface area contributed by atoms with Crippen molar-refractivity contribution in [2.75, 3.05) is 12.4 Å². The number of carbonyl (C=O) groups excluding carboxylic acids is 1. The maximum absolute atomic E-state index is 12.5. The first-order valence-corrected chi connectivity index (χ1v) is 10.5. The number of nitrogens with one attached hydrogen (secondary N) is 1. The summed E-state index contributed by atoms with van der Waals surface area (Å²) < 4.78 is 11.2. The van der Waals surface area contributed by atoms with Crippen molar-refractivity contribution in [1.82, 2.24) is 0 Å². The Morgan fingerprint density at radius 1 is 1.03 bits per heavy atom. The number of halogens is 3. The van der Waals surface area contributed by atoms with E-state index in [1.54, 1.807) is 30.3 Å². The molecule has 1 N–H and O–H groups in total. The van der Waals surface area contributed by atoms with Crippen LogP contribution in [-0.2, 0) is 11.4 Å². The van der Waals surface area contributed by atoms with Crippen molar-refractivity contribution in [2.45, 2.75) is 6.61 Å². The summed E-state index contributed by atoms with van der Waals surface area (Å²) in [5.41, 5.74) is 1.70. The summed E-state index contributed by atoms with van der Waals surface area (Å²) in [5, 5.41) is 13.4. The highest BCUT2D eigenvalue weighted by Crippen LogP contribution is 2.30. The first-order chi connectivity index (χ1) is 15.4. The van der Waals surface area contributed by atoms with Crippen molar-refractivity contribution in [3.8, 4) is 17.6 Å². The summed E-state index contributed by atoms with van der Waals surface area (Å²) in [7, 11) is 1.51. The molecule has 0 saturated heterocycles. The van der Waals surface area contributed by atoms with E-state index in [0.29, 0.717) is 37.8 Å². The first-order valence-electron chi connectivity index (χ1n) is 9.33. The number of amides is 1. The van der Waals surface area contributed by atoms with Crippen molar-refractivity contribution in [1.29, 1.82) is 5.26 Å². The van der Waals surface area contributed by atoms with Crippen LogP contribution in [0.3, 0.4) is 0 Å². The number of nitrogens with zero attached hydrogens (tertiary/aromatic N) is 1. The topological polar surface area (TPSA) is 71.3 Å². The molecule has 1 amide bonds. The minimum Gasteiger partial charge on any atom is -0.493 e. The SMILES string of the molecule is COc1cc(C=C(C#N)C(=O)Nc2cc(Cl)cc(Cl)c2)ccc1OCc1ccccc1Cl. The van der Waals surface area contributed by atoms with E-state index in [0.717, 1.165) is 5.56 Å². The Morgan fingerprint density at radius 3 is 2.41 bits per heavy atom. The van der Waals surface area contributed by atoms with Gasteiger partial charge in [-0.2, -0.15) is 5.26 Å². The monoisotopic (exact) mass is 486 g/mol. The minimum atomic E-state index is -0.594. The number of ether oxygens (including phenoxy) is 2. The average molecular weight is 488 g/mol. The van der Waals surface area contributed by atoms with Crippen LogP contribution in [0.4, 0.5) is 5.69 Å². The first kappa shape index (κ1) is 23.5. The van der Waals surface area contributed by atoms with Crippen LogP contribution < -0.4 is 14.8 Å². The fourth-order valence-electron chi connectivity index (χ4n) is 2.80. The summed E-state index contributed by atoms with van der Waals surface area (Å²) in [5.74, 6) is 0.357. The Labute approximate surface area is 200 Å². The third kappa shape index (κ3) is 6.18. The van der Waals surface area contributed by atoms with Crippen LogP contribution in [-0.4, -0.2) is 13.0 Å². The van der Waals surface area contributed by atoms with Crippen LogP contribution in [0.2, 0.25) is 15.1 Å². The van der Waals surface area contributed by atoms with E-state index in [9.17, 15) is 10.1 Å². The maximum Gasteiger partial charge on any atom is 0.266 e. The Bertz CT molecular complexity index is 1200. The molecule has 162 valence electrons. The van der Waals surface area contributed by atoms with E-state index >= 15 is 0 Å². The van der Waals surface area contributed by atoms with E-state index in [4.69, 9.17) is 44.3 Å². The molecule has 0 bridgehead atoms. The van der Waals surface area contributed by atoms with Gasteiger partial charge in [0.05, 0.1) is 7.11 Å². The predicted octanol–water partition coefficient (Wildman–Crippen LogP) is 6.78. The molecule has 0 heterocycles. The van der Waals surface area contributed by atoms with Crippen molar-refractivity contribution in [3.05, 3.63) is 92.4 Å². The van der Waals surface area contributed by atoms with Gasteiger partial charge in [-0.1, -0.05) is 59.1 Å². The van der Waals surface area contributed by atoms with Gasteiger partial charge in [-0.3, -0.25) is 4.79 Å². The lowest BCUT2D eigenvalue weighted by molar-refractivity contribution is -0.112. The standard InChI is InChI=1S/C24H17Cl3N2O3/c1-31-23-9-15(6-7-22(23)32-14-16-4-2-3-5-21(16)27)8-17(13-28)24(30)29-20-11-18(25)10-19(26)12-20/h2-12H,14H2,1H3,(H,29,30). The van der Waals surface area contributed by atoms with Crippen molar-refractivity contribution in [3.63, 3.8) is 0 Å². The van der Waals surface area contributed by atoms with Crippen LogP contribution in [0.5, 0.6) is 11.5 Å². The highest BCUT2D eigenvalue weighted by molar-refractivity contribution is 6.35. The molecule has 0 atom stereocenters. The van der Waals surface area contributed by atoms with Crippen LogP contribution in [0.15, 0.2) is 66.2 Å². The smallest absolute Gasteiger partial charge is 0.266 e. The molecule has 0 aliphatic heterocycles. The molecule has 8 heteroatoms. The van der Waals surface area contributed by atoms with E-state index in [2.05, 4.69) is 5.32 Å². The lowest BCUT2D eigenvalue weighted by atomic mass is 10.1. The molecule has 0 aliphatic rings. The lowest BCUT2D eigenvalue weighted by Gasteiger charge is -2.12. The molecule has 32 heavy (non-hydrogen) atoms. The second-order valence-electron chi connectivity index (χ2n) is 6.57. The highest BCUT2D eigenvalue weighted by atomic mass is 35.5. The van der Waals surface area contributed by atoms with E-state index in [-0.39, 0.29) is 12.2 Å². The average Bonchev–Trinajstić information content (AvgIpc) is 2.76. The number of nitriles is 1. The van der Waals surface area contributed by atoms with Crippen LogP contribution in [0.25, 0.3) is 6.08 Å². The zero-order valence-electron chi connectivity index (χ0n) is 16.9. The van der Waals surface area contributed by atoms with Crippen LogP contribution in [0, 0.1) is 11.3 Å². The third-order valence-electron chi connectivity index (χ3n) is 4.33. The normalized spacial score (nSPS) is 10.9. The third-order valence-corrected chi connectivity index (χ3v) is 5.13. The minimum absolute atomic E-state index is 0.104. The number of methoxy groups -OCH3 is 1. The van der Waals surface area contributed by atoms with Gasteiger partial charge < -0.3 is 14.8 Å². The second kappa shape index (κ2) is 10.9. The Hall–Kier alpha value is -3.17. The Balaban J connectivity index is 1.77. The Morgan fingerprint density at radius 2 is 1.75 bits per heavy atom. The summed E-state index contributed by atoms with van der Waals surface area (Å²) in [6, 6.07) is 19.0. The fourth-order valence-corrected chi connectivity index (χ4v) is 3.52. The van der Waals surface area contributed by atoms with Gasteiger partial charge >= 0.3 is 0 Å². The van der Waals surface area contributed by atoms with Gasteiger partial charge in [-0.25, -0.2) is 0 Å². The summed E-state index contributed by atoms with van der Waals surface area (Å²) in [4.78, 5) is 12.5. The lowest BCUT2D eigenvalue weighted by Crippen LogP contribution is -2.13. The number of anilines is 1. The number of carbonyl (C=O) groups is 1. The van der Waals surface area contributed by atoms with Gasteiger partial charge in [0.15, 0.2) is 11.5 Å². The summed E-state index contributed by atoms with van der Waals surface area (Å²) in [6.07, 6.45) is 1.45. The highest BCUT2D eigenvalue weighted by Gasteiger charge is 2.12. The molecule has 3 aromatic carbocycles. The molecule has 0 aromatic heterocycles. The molecule has 3 rings (SSSR count). The molecule has 0 saturated carbocycles. The largest absolute Gasteiger partial charge is 0.493 e. The van der Waals surface area contributed by atoms with E-state index < -0.39 is 5.91 Å². The number of benzene rings is 3. The molecular weight excluding hydrogens is 471 g/mol.